The summed E-state index contributed by atoms with van der Waals surface area (Å²) in [6.07, 6.45) is 0. The van der Waals surface area contributed by atoms with Crippen LogP contribution >= 0.6 is 35.0 Å². The molecule has 23 heavy (non-hydrogen) atoms. The molecule has 2 aromatic rings. The standard InChI is InChI=1S/C15H10Cl2N2O3S/c16-11-6-5-9(7-12(11)17)18-14(20)8-23-15(18)10-3-1-2-4-13(10)19(21)22/h1-7,15H,8H2/t15-/m1/s1. The van der Waals surface area contributed by atoms with E-state index in [0.29, 0.717) is 21.3 Å². The van der Waals surface area contributed by atoms with Crippen LogP contribution in [0.5, 0.6) is 0 Å². The highest BCUT2D eigenvalue weighted by molar-refractivity contribution is 8.00. The number of nitro groups is 1. The van der Waals surface area contributed by atoms with E-state index >= 15 is 0 Å². The maximum atomic E-state index is 12.3. The number of benzene rings is 2. The van der Waals surface area contributed by atoms with Gasteiger partial charge >= 0.3 is 0 Å². The smallest absolute Gasteiger partial charge is 0.275 e. The molecule has 1 aliphatic heterocycles. The van der Waals surface area contributed by atoms with Gasteiger partial charge in [0, 0.05) is 11.8 Å². The molecule has 118 valence electrons. The number of amides is 1. The lowest BCUT2D eigenvalue weighted by atomic mass is 10.1. The summed E-state index contributed by atoms with van der Waals surface area (Å²) in [6.45, 7) is 0. The number of nitro benzene ring substituents is 1. The van der Waals surface area contributed by atoms with Gasteiger partial charge in [-0.2, -0.15) is 0 Å². The summed E-state index contributed by atoms with van der Waals surface area (Å²) in [6, 6.07) is 11.3. The van der Waals surface area contributed by atoms with Crippen molar-refractivity contribution in [2.45, 2.75) is 5.37 Å². The normalized spacial score (nSPS) is 17.6. The minimum Gasteiger partial charge on any atom is -0.295 e. The Kier molecular flexibility index (Phi) is 4.48. The molecule has 1 atom stereocenters. The number of nitrogens with zero attached hydrogens (tertiary/aromatic N) is 2. The van der Waals surface area contributed by atoms with Crippen molar-refractivity contribution in [2.75, 3.05) is 10.7 Å². The summed E-state index contributed by atoms with van der Waals surface area (Å²) < 4.78 is 0. The Bertz CT molecular complexity index is 800. The molecular weight excluding hydrogens is 359 g/mol. The average Bonchev–Trinajstić information content (AvgIpc) is 2.91. The molecule has 1 heterocycles. The van der Waals surface area contributed by atoms with Crippen LogP contribution < -0.4 is 4.90 Å². The maximum absolute atomic E-state index is 12.3. The fourth-order valence-electron chi connectivity index (χ4n) is 2.43. The lowest BCUT2D eigenvalue weighted by Gasteiger charge is -2.24. The predicted octanol–water partition coefficient (Wildman–Crippen LogP) is 4.68. The highest BCUT2D eigenvalue weighted by atomic mass is 35.5. The molecule has 1 fully saturated rings. The summed E-state index contributed by atoms with van der Waals surface area (Å²) >= 11 is 13.3. The van der Waals surface area contributed by atoms with Gasteiger partial charge in [0.15, 0.2) is 0 Å². The molecule has 0 aromatic heterocycles. The number of anilines is 1. The lowest BCUT2D eigenvalue weighted by Crippen LogP contribution is -2.28. The van der Waals surface area contributed by atoms with Crippen molar-refractivity contribution in [3.8, 4) is 0 Å². The molecule has 5 nitrogen and oxygen atoms in total. The fourth-order valence-corrected chi connectivity index (χ4v) is 3.93. The van der Waals surface area contributed by atoms with Gasteiger partial charge in [0.25, 0.3) is 5.69 Å². The lowest BCUT2D eigenvalue weighted by molar-refractivity contribution is -0.385. The number of hydrogen-bond donors (Lipinski definition) is 0. The summed E-state index contributed by atoms with van der Waals surface area (Å²) in [5.74, 6) is 0.119. The van der Waals surface area contributed by atoms with Gasteiger partial charge in [0.05, 0.1) is 26.3 Å². The van der Waals surface area contributed by atoms with Gasteiger partial charge in [-0.3, -0.25) is 19.8 Å². The molecule has 2 aromatic carbocycles. The topological polar surface area (TPSA) is 63.4 Å². The largest absolute Gasteiger partial charge is 0.295 e. The molecule has 0 aliphatic carbocycles. The minimum absolute atomic E-state index is 0.00948. The van der Waals surface area contributed by atoms with Crippen LogP contribution in [0, 0.1) is 10.1 Å². The zero-order valence-corrected chi connectivity index (χ0v) is 13.9. The molecular formula is C15H10Cl2N2O3S. The van der Waals surface area contributed by atoms with Crippen LogP contribution in [0.3, 0.4) is 0 Å². The van der Waals surface area contributed by atoms with Crippen molar-refractivity contribution >= 4 is 52.2 Å². The number of carbonyl (C=O) groups is 1. The second kappa shape index (κ2) is 6.39. The number of hydrogen-bond acceptors (Lipinski definition) is 4. The van der Waals surface area contributed by atoms with Gasteiger partial charge in [-0.1, -0.05) is 35.3 Å². The molecule has 3 rings (SSSR count). The first kappa shape index (κ1) is 16.1. The Labute approximate surface area is 146 Å². The summed E-state index contributed by atoms with van der Waals surface area (Å²) in [5, 5.41) is 11.5. The van der Waals surface area contributed by atoms with Gasteiger partial charge in [-0.25, -0.2) is 0 Å². The van der Waals surface area contributed by atoms with Crippen LogP contribution in [0.1, 0.15) is 10.9 Å². The van der Waals surface area contributed by atoms with Gasteiger partial charge in [-0.15, -0.1) is 11.8 Å². The van der Waals surface area contributed by atoms with Crippen LogP contribution in [-0.2, 0) is 4.79 Å². The minimum atomic E-state index is -0.471. The first-order valence-corrected chi connectivity index (χ1v) is 8.41. The average molecular weight is 369 g/mol. The van der Waals surface area contributed by atoms with Crippen molar-refractivity contribution in [3.05, 3.63) is 68.2 Å². The van der Waals surface area contributed by atoms with E-state index < -0.39 is 10.3 Å². The predicted molar refractivity (Wildman–Crippen MR) is 92.2 cm³/mol. The van der Waals surface area contributed by atoms with Gasteiger partial charge in [-0.05, 0) is 24.3 Å². The van der Waals surface area contributed by atoms with Crippen molar-refractivity contribution in [2.24, 2.45) is 0 Å². The van der Waals surface area contributed by atoms with Crippen molar-refractivity contribution in [1.82, 2.24) is 0 Å². The molecule has 1 saturated heterocycles. The molecule has 1 aliphatic rings. The molecule has 0 bridgehead atoms. The highest BCUT2D eigenvalue weighted by Gasteiger charge is 2.37. The molecule has 0 spiro atoms. The van der Waals surface area contributed by atoms with Crippen LogP contribution in [0.15, 0.2) is 42.5 Å². The third kappa shape index (κ3) is 3.02. The van der Waals surface area contributed by atoms with Crippen LogP contribution in [0.25, 0.3) is 0 Å². The maximum Gasteiger partial charge on any atom is 0.275 e. The molecule has 0 radical (unpaired) electrons. The number of carbonyl (C=O) groups excluding carboxylic acids is 1. The van der Waals surface area contributed by atoms with Crippen LogP contribution in [0.4, 0.5) is 11.4 Å². The molecule has 0 saturated carbocycles. The summed E-state index contributed by atoms with van der Waals surface area (Å²) in [4.78, 5) is 24.6. The van der Waals surface area contributed by atoms with Gasteiger partial charge in [0.1, 0.15) is 5.37 Å². The first-order chi connectivity index (χ1) is 11.0. The Hall–Kier alpha value is -1.76. The highest BCUT2D eigenvalue weighted by Crippen LogP contribution is 2.45. The van der Waals surface area contributed by atoms with E-state index in [4.69, 9.17) is 23.2 Å². The van der Waals surface area contributed by atoms with Crippen LogP contribution in [0.2, 0.25) is 10.0 Å². The van der Waals surface area contributed by atoms with Crippen LogP contribution in [-0.4, -0.2) is 16.6 Å². The second-order valence-corrected chi connectivity index (χ2v) is 6.72. The van der Waals surface area contributed by atoms with E-state index in [9.17, 15) is 14.9 Å². The van der Waals surface area contributed by atoms with E-state index in [1.807, 2.05) is 0 Å². The fraction of sp³-hybridized carbons (Fsp3) is 0.133. The van der Waals surface area contributed by atoms with Gasteiger partial charge < -0.3 is 0 Å². The van der Waals surface area contributed by atoms with Crippen molar-refractivity contribution in [1.29, 1.82) is 0 Å². The Balaban J connectivity index is 2.07. The zero-order valence-electron chi connectivity index (χ0n) is 11.6. The SMILES string of the molecule is O=C1CS[C@H](c2ccccc2[N+](=O)[O-])N1c1ccc(Cl)c(Cl)c1. The first-order valence-electron chi connectivity index (χ1n) is 6.61. The zero-order chi connectivity index (χ0) is 16.6. The van der Waals surface area contributed by atoms with E-state index in [1.165, 1.54) is 22.7 Å². The summed E-state index contributed by atoms with van der Waals surface area (Å²) in [5.41, 5.74) is 1.04. The van der Waals surface area contributed by atoms with Crippen molar-refractivity contribution < 1.29 is 9.72 Å². The van der Waals surface area contributed by atoms with E-state index in [1.54, 1.807) is 36.4 Å². The third-order valence-electron chi connectivity index (χ3n) is 3.45. The quantitative estimate of drug-likeness (QED) is 0.582. The Morgan fingerprint density at radius 2 is 1.91 bits per heavy atom. The number of rotatable bonds is 3. The summed E-state index contributed by atoms with van der Waals surface area (Å²) in [7, 11) is 0. The number of para-hydroxylation sites is 1. The molecule has 0 N–H and O–H groups in total. The second-order valence-electron chi connectivity index (χ2n) is 4.84. The molecule has 8 heteroatoms. The van der Waals surface area contributed by atoms with Gasteiger partial charge in [0.2, 0.25) is 5.91 Å². The van der Waals surface area contributed by atoms with E-state index in [-0.39, 0.29) is 17.3 Å². The molecule has 1 amide bonds. The number of thioether (sulfide) groups is 1. The Morgan fingerprint density at radius 1 is 1.17 bits per heavy atom. The third-order valence-corrected chi connectivity index (χ3v) is 5.38. The Morgan fingerprint density at radius 3 is 2.61 bits per heavy atom. The number of halogens is 2. The molecule has 0 unspecified atom stereocenters. The van der Waals surface area contributed by atoms with Crippen molar-refractivity contribution in [3.63, 3.8) is 0 Å². The van der Waals surface area contributed by atoms with E-state index in [2.05, 4.69) is 0 Å². The van der Waals surface area contributed by atoms with E-state index in [0.717, 1.165) is 0 Å². The monoisotopic (exact) mass is 368 g/mol.